The third-order valence-electron chi connectivity index (χ3n) is 4.90. The molecule has 2 atom stereocenters. The number of hydrogen-bond donors (Lipinski definition) is 1. The Morgan fingerprint density at radius 2 is 2.00 bits per heavy atom. The minimum absolute atomic E-state index is 0.110. The molecule has 1 N–H and O–H groups in total. The van der Waals surface area contributed by atoms with E-state index in [9.17, 15) is 15.2 Å². The number of piperazine rings is 1. The van der Waals surface area contributed by atoms with Gasteiger partial charge in [-0.25, -0.2) is 0 Å². The van der Waals surface area contributed by atoms with Crippen molar-refractivity contribution in [3.05, 3.63) is 34.4 Å². The van der Waals surface area contributed by atoms with Crippen molar-refractivity contribution in [3.8, 4) is 0 Å². The summed E-state index contributed by atoms with van der Waals surface area (Å²) in [5, 5.41) is 20.9. The van der Waals surface area contributed by atoms with Crippen LogP contribution in [-0.4, -0.2) is 79.7 Å². The minimum Gasteiger partial charge on any atom is -0.389 e. The maximum Gasteiger partial charge on any atom is 0.269 e. The predicted octanol–water partition coefficient (Wildman–Crippen LogP) is 1.27. The van der Waals surface area contributed by atoms with Crippen LogP contribution < -0.4 is 4.90 Å². The van der Waals surface area contributed by atoms with Crippen LogP contribution in [0.4, 0.5) is 11.4 Å². The van der Waals surface area contributed by atoms with Gasteiger partial charge in [-0.1, -0.05) is 0 Å². The summed E-state index contributed by atoms with van der Waals surface area (Å²) in [7, 11) is 0. The van der Waals surface area contributed by atoms with Gasteiger partial charge in [-0.3, -0.25) is 15.0 Å². The summed E-state index contributed by atoms with van der Waals surface area (Å²) in [5.74, 6) is 0. The van der Waals surface area contributed by atoms with E-state index in [1.807, 2.05) is 0 Å². The van der Waals surface area contributed by atoms with Crippen molar-refractivity contribution >= 4 is 11.4 Å². The van der Waals surface area contributed by atoms with Crippen LogP contribution in [0.25, 0.3) is 0 Å². The van der Waals surface area contributed by atoms with Gasteiger partial charge in [0.2, 0.25) is 0 Å². The Balaban J connectivity index is 1.35. The summed E-state index contributed by atoms with van der Waals surface area (Å²) in [6, 6.07) is 6.66. The van der Waals surface area contributed by atoms with E-state index < -0.39 is 6.10 Å². The van der Waals surface area contributed by atoms with E-state index in [-0.39, 0.29) is 16.7 Å². The van der Waals surface area contributed by atoms with Gasteiger partial charge < -0.3 is 19.5 Å². The molecule has 8 nitrogen and oxygen atoms in total. The second-order valence-corrected chi connectivity index (χ2v) is 6.89. The molecule has 0 unspecified atom stereocenters. The zero-order valence-corrected chi connectivity index (χ0v) is 15.0. The highest BCUT2D eigenvalue weighted by atomic mass is 16.6. The second kappa shape index (κ2) is 9.27. The fraction of sp³-hybridized carbons (Fsp3) is 0.667. The Hall–Kier alpha value is -1.74. The van der Waals surface area contributed by atoms with Gasteiger partial charge in [0.05, 0.1) is 30.3 Å². The van der Waals surface area contributed by atoms with Crippen LogP contribution in [0.5, 0.6) is 0 Å². The minimum atomic E-state index is -0.498. The lowest BCUT2D eigenvalue weighted by Crippen LogP contribution is -2.49. The van der Waals surface area contributed by atoms with Gasteiger partial charge in [-0.2, -0.15) is 0 Å². The van der Waals surface area contributed by atoms with Gasteiger partial charge in [0.15, 0.2) is 0 Å². The number of aliphatic hydroxyl groups is 1. The fourth-order valence-corrected chi connectivity index (χ4v) is 3.44. The lowest BCUT2D eigenvalue weighted by atomic mass is 10.2. The summed E-state index contributed by atoms with van der Waals surface area (Å²) in [6.07, 6.45) is 1.82. The monoisotopic (exact) mass is 365 g/mol. The second-order valence-electron chi connectivity index (χ2n) is 6.89. The number of nitrogens with zero attached hydrogens (tertiary/aromatic N) is 3. The number of benzene rings is 1. The van der Waals surface area contributed by atoms with Crippen molar-refractivity contribution < 1.29 is 19.5 Å². The van der Waals surface area contributed by atoms with E-state index >= 15 is 0 Å². The molecule has 2 aliphatic rings. The average Bonchev–Trinajstić information content (AvgIpc) is 3.16. The number of rotatable bonds is 8. The lowest BCUT2D eigenvalue weighted by molar-refractivity contribution is -0.384. The molecule has 2 fully saturated rings. The highest BCUT2D eigenvalue weighted by molar-refractivity contribution is 5.51. The largest absolute Gasteiger partial charge is 0.389 e. The van der Waals surface area contributed by atoms with E-state index in [0.717, 1.165) is 51.3 Å². The molecule has 1 aromatic carbocycles. The van der Waals surface area contributed by atoms with Gasteiger partial charge >= 0.3 is 0 Å². The van der Waals surface area contributed by atoms with Gasteiger partial charge in [0.1, 0.15) is 0 Å². The Morgan fingerprint density at radius 1 is 1.27 bits per heavy atom. The quantitative estimate of drug-likeness (QED) is 0.548. The Bertz CT molecular complexity index is 569. The van der Waals surface area contributed by atoms with Crippen molar-refractivity contribution in [2.75, 3.05) is 57.4 Å². The van der Waals surface area contributed by atoms with Crippen LogP contribution in [0.2, 0.25) is 0 Å². The van der Waals surface area contributed by atoms with Crippen LogP contribution >= 0.6 is 0 Å². The number of aliphatic hydroxyl groups excluding tert-OH is 1. The fourth-order valence-electron chi connectivity index (χ4n) is 3.44. The van der Waals surface area contributed by atoms with Crippen molar-refractivity contribution in [1.82, 2.24) is 4.90 Å². The van der Waals surface area contributed by atoms with Crippen LogP contribution in [0.1, 0.15) is 12.8 Å². The summed E-state index contributed by atoms with van der Waals surface area (Å²) in [4.78, 5) is 14.8. The first-order valence-electron chi connectivity index (χ1n) is 9.21. The predicted molar refractivity (Wildman–Crippen MR) is 97.5 cm³/mol. The first kappa shape index (κ1) is 19.0. The van der Waals surface area contributed by atoms with Crippen LogP contribution in [0.15, 0.2) is 24.3 Å². The molecule has 0 bridgehead atoms. The number of nitro groups is 1. The molecule has 8 heteroatoms. The smallest absolute Gasteiger partial charge is 0.269 e. The SMILES string of the molecule is O=[N+]([O-])c1ccc(N2CCN(C[C@@H](O)COC[C@H]3CCCO3)CC2)cc1. The third kappa shape index (κ3) is 5.38. The molecular formula is C18H27N3O5. The summed E-state index contributed by atoms with van der Waals surface area (Å²) < 4.78 is 11.1. The van der Waals surface area contributed by atoms with Crippen LogP contribution in [-0.2, 0) is 9.47 Å². The number of ether oxygens (including phenoxy) is 2. The molecular weight excluding hydrogens is 338 g/mol. The van der Waals surface area contributed by atoms with E-state index in [0.29, 0.717) is 19.8 Å². The number of anilines is 1. The van der Waals surface area contributed by atoms with Crippen molar-refractivity contribution in [1.29, 1.82) is 0 Å². The molecule has 0 amide bonds. The molecule has 2 heterocycles. The number of β-amino-alcohol motifs (C(OH)–C–C–N with tert-alkyl or cyclic N) is 1. The highest BCUT2D eigenvalue weighted by Crippen LogP contribution is 2.20. The maximum atomic E-state index is 10.7. The normalized spacial score (nSPS) is 22.5. The van der Waals surface area contributed by atoms with Gasteiger partial charge in [0.25, 0.3) is 5.69 Å². The van der Waals surface area contributed by atoms with E-state index in [2.05, 4.69) is 9.80 Å². The lowest BCUT2D eigenvalue weighted by Gasteiger charge is -2.36. The molecule has 2 aliphatic heterocycles. The Kier molecular flexibility index (Phi) is 6.79. The van der Waals surface area contributed by atoms with Gasteiger partial charge in [-0.05, 0) is 25.0 Å². The molecule has 1 aromatic rings. The zero-order valence-electron chi connectivity index (χ0n) is 15.0. The molecule has 0 radical (unpaired) electrons. The first-order valence-corrected chi connectivity index (χ1v) is 9.21. The van der Waals surface area contributed by atoms with E-state index in [1.54, 1.807) is 12.1 Å². The molecule has 0 spiro atoms. The van der Waals surface area contributed by atoms with Crippen molar-refractivity contribution in [2.45, 2.75) is 25.0 Å². The Labute approximate surface area is 153 Å². The van der Waals surface area contributed by atoms with E-state index in [4.69, 9.17) is 9.47 Å². The standard InChI is InChI=1S/C18H27N3O5/c22-17(13-25-14-18-2-1-11-26-18)12-19-7-9-20(10-8-19)15-3-5-16(6-4-15)21(23)24/h3-6,17-18,22H,1-2,7-14H2/t17-,18-/m1/s1. The third-order valence-corrected chi connectivity index (χ3v) is 4.90. The highest BCUT2D eigenvalue weighted by Gasteiger charge is 2.21. The Morgan fingerprint density at radius 3 is 2.62 bits per heavy atom. The molecule has 3 rings (SSSR count). The molecule has 26 heavy (non-hydrogen) atoms. The topological polar surface area (TPSA) is 88.3 Å². The first-order chi connectivity index (χ1) is 12.6. The zero-order chi connectivity index (χ0) is 18.4. The van der Waals surface area contributed by atoms with Gasteiger partial charge in [0, 0.05) is 57.2 Å². The number of non-ortho nitro benzene ring substituents is 1. The summed E-state index contributed by atoms with van der Waals surface area (Å²) >= 11 is 0. The van der Waals surface area contributed by atoms with Gasteiger partial charge in [-0.15, -0.1) is 0 Å². The number of nitro benzene ring substituents is 1. The van der Waals surface area contributed by atoms with Crippen molar-refractivity contribution in [2.24, 2.45) is 0 Å². The van der Waals surface area contributed by atoms with Crippen LogP contribution in [0.3, 0.4) is 0 Å². The van der Waals surface area contributed by atoms with Crippen molar-refractivity contribution in [3.63, 3.8) is 0 Å². The molecule has 144 valence electrons. The average molecular weight is 365 g/mol. The maximum absolute atomic E-state index is 10.7. The van der Waals surface area contributed by atoms with E-state index in [1.165, 1.54) is 12.1 Å². The summed E-state index contributed by atoms with van der Waals surface area (Å²) in [5.41, 5.74) is 1.11. The molecule has 0 aliphatic carbocycles. The molecule has 0 saturated carbocycles. The molecule has 2 saturated heterocycles. The number of hydrogen-bond acceptors (Lipinski definition) is 7. The van der Waals surface area contributed by atoms with Crippen LogP contribution in [0, 0.1) is 10.1 Å². The molecule has 0 aromatic heterocycles. The summed E-state index contributed by atoms with van der Waals surface area (Å²) in [6.45, 7) is 5.67.